The van der Waals surface area contributed by atoms with Crippen LogP contribution in [0.15, 0.2) is 0 Å². The first kappa shape index (κ1) is 16.8. The Morgan fingerprint density at radius 1 is 1.14 bits per heavy atom. The molecule has 122 valence electrons. The molecule has 0 heterocycles. The number of nitrogens with one attached hydrogen (secondary N) is 1. The number of carbonyl (C=O) groups is 1. The smallest absolute Gasteiger partial charge is 0.226 e. The molecule has 0 saturated heterocycles. The van der Waals surface area contributed by atoms with Gasteiger partial charge in [-0.1, -0.05) is 39.5 Å². The van der Waals surface area contributed by atoms with Crippen molar-refractivity contribution >= 4 is 5.91 Å². The van der Waals surface area contributed by atoms with E-state index in [1.165, 1.54) is 38.5 Å². The van der Waals surface area contributed by atoms with E-state index in [0.717, 1.165) is 32.4 Å². The summed E-state index contributed by atoms with van der Waals surface area (Å²) in [5.74, 6) is 2.14. The Morgan fingerprint density at radius 3 is 2.33 bits per heavy atom. The summed E-state index contributed by atoms with van der Waals surface area (Å²) >= 11 is 0. The van der Waals surface area contributed by atoms with Crippen LogP contribution in [-0.4, -0.2) is 19.0 Å². The van der Waals surface area contributed by atoms with E-state index in [-0.39, 0.29) is 5.41 Å². The lowest BCUT2D eigenvalue weighted by Crippen LogP contribution is -2.44. The van der Waals surface area contributed by atoms with Crippen LogP contribution in [0, 0.1) is 23.2 Å². The fourth-order valence-electron chi connectivity index (χ4n) is 4.63. The van der Waals surface area contributed by atoms with Gasteiger partial charge in [-0.15, -0.1) is 0 Å². The normalized spacial score (nSPS) is 28.8. The summed E-state index contributed by atoms with van der Waals surface area (Å²) in [7, 11) is 0. The third kappa shape index (κ3) is 4.21. The van der Waals surface area contributed by atoms with Gasteiger partial charge in [0.15, 0.2) is 0 Å². The molecule has 3 nitrogen and oxygen atoms in total. The topological polar surface area (TPSA) is 55.1 Å². The summed E-state index contributed by atoms with van der Waals surface area (Å²) < 4.78 is 0. The molecule has 0 bridgehead atoms. The lowest BCUT2D eigenvalue weighted by Gasteiger charge is -2.34. The SMILES string of the molecule is CC(C)CC1(C(=O)NCC2CCCCC2CN)CCCC1. The van der Waals surface area contributed by atoms with E-state index in [9.17, 15) is 4.79 Å². The van der Waals surface area contributed by atoms with Crippen LogP contribution in [0.25, 0.3) is 0 Å². The number of amides is 1. The van der Waals surface area contributed by atoms with Gasteiger partial charge < -0.3 is 11.1 Å². The van der Waals surface area contributed by atoms with E-state index < -0.39 is 0 Å². The van der Waals surface area contributed by atoms with Gasteiger partial charge in [-0.05, 0) is 56.4 Å². The molecule has 0 aromatic rings. The Kier molecular flexibility index (Phi) is 6.09. The molecular formula is C18H34N2O. The summed E-state index contributed by atoms with van der Waals surface area (Å²) in [4.78, 5) is 12.8. The highest BCUT2D eigenvalue weighted by atomic mass is 16.2. The van der Waals surface area contributed by atoms with Crippen LogP contribution in [0.5, 0.6) is 0 Å². The van der Waals surface area contributed by atoms with Gasteiger partial charge in [0.25, 0.3) is 0 Å². The van der Waals surface area contributed by atoms with Gasteiger partial charge in [-0.2, -0.15) is 0 Å². The van der Waals surface area contributed by atoms with Crippen molar-refractivity contribution in [1.82, 2.24) is 5.32 Å². The number of hydrogen-bond acceptors (Lipinski definition) is 2. The zero-order valence-electron chi connectivity index (χ0n) is 14.0. The van der Waals surface area contributed by atoms with Crippen LogP contribution in [0.1, 0.15) is 71.6 Å². The zero-order chi connectivity index (χ0) is 15.3. The monoisotopic (exact) mass is 294 g/mol. The molecule has 2 unspecified atom stereocenters. The van der Waals surface area contributed by atoms with E-state index in [1.54, 1.807) is 0 Å². The van der Waals surface area contributed by atoms with Gasteiger partial charge in [0, 0.05) is 12.0 Å². The van der Waals surface area contributed by atoms with E-state index >= 15 is 0 Å². The molecule has 0 aromatic carbocycles. The second kappa shape index (κ2) is 7.62. The maximum Gasteiger partial charge on any atom is 0.226 e. The van der Waals surface area contributed by atoms with E-state index in [2.05, 4.69) is 19.2 Å². The molecule has 2 aliphatic carbocycles. The Morgan fingerprint density at radius 2 is 1.76 bits per heavy atom. The summed E-state index contributed by atoms with van der Waals surface area (Å²) in [5, 5.41) is 3.31. The molecule has 0 aliphatic heterocycles. The molecule has 2 rings (SSSR count). The van der Waals surface area contributed by atoms with Gasteiger partial charge >= 0.3 is 0 Å². The maximum atomic E-state index is 12.8. The minimum atomic E-state index is -0.0684. The number of rotatable bonds is 6. The van der Waals surface area contributed by atoms with Crippen molar-refractivity contribution in [2.75, 3.05) is 13.1 Å². The van der Waals surface area contributed by atoms with Gasteiger partial charge in [0.1, 0.15) is 0 Å². The number of hydrogen-bond donors (Lipinski definition) is 2. The molecule has 2 atom stereocenters. The average Bonchev–Trinajstić information content (AvgIpc) is 2.94. The Hall–Kier alpha value is -0.570. The fourth-order valence-corrected chi connectivity index (χ4v) is 4.63. The second-order valence-electron chi connectivity index (χ2n) is 7.84. The van der Waals surface area contributed by atoms with Crippen molar-refractivity contribution in [3.05, 3.63) is 0 Å². The van der Waals surface area contributed by atoms with Crippen molar-refractivity contribution in [3.63, 3.8) is 0 Å². The Labute approximate surface area is 130 Å². The molecule has 3 N–H and O–H groups in total. The highest BCUT2D eigenvalue weighted by molar-refractivity contribution is 5.82. The van der Waals surface area contributed by atoms with Crippen LogP contribution < -0.4 is 11.1 Å². The largest absolute Gasteiger partial charge is 0.355 e. The summed E-state index contributed by atoms with van der Waals surface area (Å²) in [5.41, 5.74) is 5.83. The second-order valence-corrected chi connectivity index (χ2v) is 7.84. The van der Waals surface area contributed by atoms with Gasteiger partial charge in [0.2, 0.25) is 5.91 Å². The minimum Gasteiger partial charge on any atom is -0.355 e. The van der Waals surface area contributed by atoms with Crippen molar-refractivity contribution in [1.29, 1.82) is 0 Å². The molecule has 0 radical (unpaired) electrons. The third-order valence-corrected chi connectivity index (χ3v) is 5.74. The van der Waals surface area contributed by atoms with Crippen LogP contribution in [0.3, 0.4) is 0 Å². The predicted molar refractivity (Wildman–Crippen MR) is 87.9 cm³/mol. The maximum absolute atomic E-state index is 12.8. The first-order valence-electron chi connectivity index (χ1n) is 9.06. The Balaban J connectivity index is 1.90. The van der Waals surface area contributed by atoms with Crippen molar-refractivity contribution < 1.29 is 4.79 Å². The fraction of sp³-hybridized carbons (Fsp3) is 0.944. The van der Waals surface area contributed by atoms with Crippen molar-refractivity contribution in [2.24, 2.45) is 28.9 Å². The first-order chi connectivity index (χ1) is 10.1. The molecule has 0 spiro atoms. The quantitative estimate of drug-likeness (QED) is 0.788. The van der Waals surface area contributed by atoms with Crippen LogP contribution in [0.4, 0.5) is 0 Å². The Bertz CT molecular complexity index is 334. The molecular weight excluding hydrogens is 260 g/mol. The average molecular weight is 294 g/mol. The first-order valence-corrected chi connectivity index (χ1v) is 9.06. The van der Waals surface area contributed by atoms with Gasteiger partial charge in [0.05, 0.1) is 0 Å². The molecule has 3 heteroatoms. The van der Waals surface area contributed by atoms with Crippen molar-refractivity contribution in [2.45, 2.75) is 71.6 Å². The molecule has 2 fully saturated rings. The summed E-state index contributed by atoms with van der Waals surface area (Å²) in [6.45, 7) is 6.09. The third-order valence-electron chi connectivity index (χ3n) is 5.74. The molecule has 0 aromatic heterocycles. The summed E-state index contributed by atoms with van der Waals surface area (Å²) in [6.07, 6.45) is 10.7. The van der Waals surface area contributed by atoms with Gasteiger partial charge in [-0.25, -0.2) is 0 Å². The molecule has 1 amide bonds. The van der Waals surface area contributed by atoms with Gasteiger partial charge in [-0.3, -0.25) is 4.79 Å². The van der Waals surface area contributed by atoms with Crippen LogP contribution in [0.2, 0.25) is 0 Å². The molecule has 2 aliphatic rings. The zero-order valence-corrected chi connectivity index (χ0v) is 14.0. The van der Waals surface area contributed by atoms with Crippen LogP contribution >= 0.6 is 0 Å². The number of nitrogens with two attached hydrogens (primary N) is 1. The standard InChI is InChI=1S/C18H34N2O/c1-14(2)11-18(9-5-6-10-18)17(21)20-13-16-8-4-3-7-15(16)12-19/h14-16H,3-13,19H2,1-2H3,(H,20,21). The van der Waals surface area contributed by atoms with E-state index in [1.807, 2.05) is 0 Å². The van der Waals surface area contributed by atoms with E-state index in [0.29, 0.717) is 23.7 Å². The lowest BCUT2D eigenvalue weighted by molar-refractivity contribution is -0.132. The van der Waals surface area contributed by atoms with E-state index in [4.69, 9.17) is 5.73 Å². The predicted octanol–water partition coefficient (Wildman–Crippen LogP) is 3.47. The highest BCUT2D eigenvalue weighted by Gasteiger charge is 2.41. The number of carbonyl (C=O) groups excluding carboxylic acids is 1. The van der Waals surface area contributed by atoms with Crippen molar-refractivity contribution in [3.8, 4) is 0 Å². The molecule has 21 heavy (non-hydrogen) atoms. The summed E-state index contributed by atoms with van der Waals surface area (Å²) in [6, 6.07) is 0. The minimum absolute atomic E-state index is 0.0684. The van der Waals surface area contributed by atoms with Crippen LogP contribution in [-0.2, 0) is 4.79 Å². The lowest BCUT2D eigenvalue weighted by atomic mass is 9.76. The molecule has 2 saturated carbocycles. The highest BCUT2D eigenvalue weighted by Crippen LogP contribution is 2.43.